The van der Waals surface area contributed by atoms with Gasteiger partial charge in [-0.1, -0.05) is 12.8 Å². The maximum Gasteiger partial charge on any atom is 0.211 e. The van der Waals surface area contributed by atoms with Crippen LogP contribution in [0, 0.1) is 0 Å². The van der Waals surface area contributed by atoms with Gasteiger partial charge in [-0.2, -0.15) is 11.8 Å². The second-order valence-electron chi connectivity index (χ2n) is 5.56. The summed E-state index contributed by atoms with van der Waals surface area (Å²) in [5.74, 6) is 1.48. The monoisotopic (exact) mass is 322 g/mol. The third-order valence-electron chi connectivity index (χ3n) is 3.45. The van der Waals surface area contributed by atoms with E-state index in [0.717, 1.165) is 38.3 Å². The Morgan fingerprint density at radius 1 is 1.00 bits per heavy atom. The van der Waals surface area contributed by atoms with Crippen LogP contribution in [0.3, 0.4) is 0 Å². The van der Waals surface area contributed by atoms with E-state index in [1.807, 2.05) is 11.8 Å². The van der Waals surface area contributed by atoms with Crippen molar-refractivity contribution in [3.63, 3.8) is 0 Å². The minimum absolute atomic E-state index is 0.270. The van der Waals surface area contributed by atoms with Crippen molar-refractivity contribution in [1.82, 2.24) is 10.0 Å². The molecule has 1 saturated carbocycles. The number of rotatable bonds is 14. The molecule has 1 aliphatic carbocycles. The Morgan fingerprint density at radius 2 is 1.70 bits per heavy atom. The average molecular weight is 323 g/mol. The fraction of sp³-hybridized carbons (Fsp3) is 1.00. The molecule has 0 aliphatic heterocycles. The first-order valence-electron chi connectivity index (χ1n) is 7.84. The molecule has 1 rings (SSSR count). The van der Waals surface area contributed by atoms with E-state index in [9.17, 15) is 8.42 Å². The molecule has 0 aromatic heterocycles. The number of unbranched alkanes of at least 4 members (excludes halogenated alkanes) is 4. The molecule has 0 saturated heterocycles. The van der Waals surface area contributed by atoms with Gasteiger partial charge in [-0.05, 0) is 57.1 Å². The van der Waals surface area contributed by atoms with E-state index in [-0.39, 0.29) is 5.75 Å². The molecular weight excluding hydrogens is 292 g/mol. The summed E-state index contributed by atoms with van der Waals surface area (Å²) in [6.45, 7) is 1.55. The maximum atomic E-state index is 11.7. The van der Waals surface area contributed by atoms with Gasteiger partial charge in [0, 0.05) is 12.6 Å². The van der Waals surface area contributed by atoms with Gasteiger partial charge in [0.25, 0.3) is 0 Å². The van der Waals surface area contributed by atoms with Crippen LogP contribution < -0.4 is 10.0 Å². The molecule has 1 aliphatic rings. The Hall–Kier alpha value is 0.220. The molecular formula is C14H30N2O2S2. The van der Waals surface area contributed by atoms with Crippen LogP contribution in [0.15, 0.2) is 0 Å². The van der Waals surface area contributed by atoms with Gasteiger partial charge in [0.15, 0.2) is 0 Å². The first kappa shape index (κ1) is 18.3. The Kier molecular flexibility index (Phi) is 9.94. The lowest BCUT2D eigenvalue weighted by molar-refractivity contribution is 0.566. The van der Waals surface area contributed by atoms with Gasteiger partial charge in [-0.15, -0.1) is 0 Å². The van der Waals surface area contributed by atoms with Crippen molar-refractivity contribution in [2.45, 2.75) is 57.4 Å². The quantitative estimate of drug-likeness (QED) is 0.482. The molecule has 0 unspecified atom stereocenters. The fourth-order valence-corrected chi connectivity index (χ4v) is 3.71. The Bertz CT molecular complexity index is 330. The van der Waals surface area contributed by atoms with Gasteiger partial charge in [-0.25, -0.2) is 13.1 Å². The molecule has 6 heteroatoms. The summed E-state index contributed by atoms with van der Waals surface area (Å²) in [6, 6.07) is 0.718. The van der Waals surface area contributed by atoms with E-state index in [0.29, 0.717) is 6.54 Å². The largest absolute Gasteiger partial charge is 0.314 e. The summed E-state index contributed by atoms with van der Waals surface area (Å²) in [6.07, 6.45) is 10.9. The summed E-state index contributed by atoms with van der Waals surface area (Å²) >= 11 is 1.87. The fourth-order valence-electron chi connectivity index (χ4n) is 2.04. The topological polar surface area (TPSA) is 58.2 Å². The second-order valence-corrected chi connectivity index (χ2v) is 8.47. The molecule has 0 bridgehead atoms. The van der Waals surface area contributed by atoms with Crippen molar-refractivity contribution in [3.05, 3.63) is 0 Å². The first-order chi connectivity index (χ1) is 9.64. The average Bonchev–Trinajstić information content (AvgIpc) is 3.21. The first-order valence-corrected chi connectivity index (χ1v) is 10.9. The molecule has 0 aromatic rings. The maximum absolute atomic E-state index is 11.7. The molecule has 0 spiro atoms. The summed E-state index contributed by atoms with van der Waals surface area (Å²) in [4.78, 5) is 0. The third-order valence-corrected chi connectivity index (χ3v) is 5.61. The highest BCUT2D eigenvalue weighted by atomic mass is 32.2. The van der Waals surface area contributed by atoms with Crippen LogP contribution in [-0.4, -0.2) is 45.3 Å². The number of nitrogens with one attached hydrogen (secondary N) is 2. The van der Waals surface area contributed by atoms with E-state index >= 15 is 0 Å². The number of hydrogen-bond donors (Lipinski definition) is 2. The standard InChI is InChI=1S/C14H30N2O2S2/c1-19-12-6-3-2-4-11-16-20(17,18)13-7-5-10-15-14-8-9-14/h14-16H,2-13H2,1H3. The number of thioether (sulfide) groups is 1. The molecule has 0 atom stereocenters. The van der Waals surface area contributed by atoms with E-state index in [4.69, 9.17) is 0 Å². The molecule has 1 fully saturated rings. The van der Waals surface area contributed by atoms with Crippen molar-refractivity contribution in [3.8, 4) is 0 Å². The molecule has 0 amide bonds. The van der Waals surface area contributed by atoms with Crippen LogP contribution in [0.5, 0.6) is 0 Å². The lowest BCUT2D eigenvalue weighted by atomic mass is 10.2. The van der Waals surface area contributed by atoms with Gasteiger partial charge in [0.1, 0.15) is 0 Å². The van der Waals surface area contributed by atoms with Crippen molar-refractivity contribution in [1.29, 1.82) is 0 Å². The van der Waals surface area contributed by atoms with Crippen LogP contribution >= 0.6 is 11.8 Å². The number of hydrogen-bond acceptors (Lipinski definition) is 4. The minimum Gasteiger partial charge on any atom is -0.314 e. The predicted molar refractivity (Wildman–Crippen MR) is 88.9 cm³/mol. The normalized spacial score (nSPS) is 15.7. The zero-order valence-corrected chi connectivity index (χ0v) is 14.3. The third kappa shape index (κ3) is 10.9. The number of sulfonamides is 1. The molecule has 2 N–H and O–H groups in total. The van der Waals surface area contributed by atoms with Gasteiger partial charge >= 0.3 is 0 Å². The van der Waals surface area contributed by atoms with Crippen LogP contribution in [0.2, 0.25) is 0 Å². The van der Waals surface area contributed by atoms with Gasteiger partial charge in [-0.3, -0.25) is 0 Å². The second kappa shape index (κ2) is 10.9. The molecule has 120 valence electrons. The smallest absolute Gasteiger partial charge is 0.211 e. The van der Waals surface area contributed by atoms with Gasteiger partial charge in [0.2, 0.25) is 10.0 Å². The molecule has 20 heavy (non-hydrogen) atoms. The minimum atomic E-state index is -3.05. The lowest BCUT2D eigenvalue weighted by Gasteiger charge is -2.07. The summed E-state index contributed by atoms with van der Waals surface area (Å²) in [5, 5.41) is 3.40. The van der Waals surface area contributed by atoms with E-state index in [2.05, 4.69) is 16.3 Å². The zero-order valence-electron chi connectivity index (χ0n) is 12.7. The van der Waals surface area contributed by atoms with Crippen molar-refractivity contribution >= 4 is 21.8 Å². The highest BCUT2D eigenvalue weighted by molar-refractivity contribution is 7.98. The zero-order chi connectivity index (χ0) is 14.7. The van der Waals surface area contributed by atoms with E-state index in [1.54, 1.807) is 0 Å². The lowest BCUT2D eigenvalue weighted by Crippen LogP contribution is -2.28. The van der Waals surface area contributed by atoms with Crippen LogP contribution in [0.25, 0.3) is 0 Å². The summed E-state index contributed by atoms with van der Waals surface area (Å²) in [7, 11) is -3.05. The van der Waals surface area contributed by atoms with Crippen LogP contribution in [-0.2, 0) is 10.0 Å². The van der Waals surface area contributed by atoms with E-state index < -0.39 is 10.0 Å². The van der Waals surface area contributed by atoms with Crippen molar-refractivity contribution < 1.29 is 8.42 Å². The Balaban J connectivity index is 1.88. The Labute approximate surface area is 128 Å². The Morgan fingerprint density at radius 3 is 2.40 bits per heavy atom. The SMILES string of the molecule is CSCCCCCCNS(=O)(=O)CCCCNC1CC1. The van der Waals surface area contributed by atoms with E-state index in [1.165, 1.54) is 31.4 Å². The predicted octanol–water partition coefficient (Wildman–Crippen LogP) is 2.36. The molecule has 4 nitrogen and oxygen atoms in total. The highest BCUT2D eigenvalue weighted by Crippen LogP contribution is 2.18. The molecule has 0 radical (unpaired) electrons. The molecule has 0 heterocycles. The van der Waals surface area contributed by atoms with Gasteiger partial charge < -0.3 is 5.32 Å². The van der Waals surface area contributed by atoms with Crippen molar-refractivity contribution in [2.75, 3.05) is 30.9 Å². The summed E-state index contributed by atoms with van der Waals surface area (Å²) < 4.78 is 26.2. The van der Waals surface area contributed by atoms with Gasteiger partial charge in [0.05, 0.1) is 5.75 Å². The van der Waals surface area contributed by atoms with Crippen LogP contribution in [0.4, 0.5) is 0 Å². The van der Waals surface area contributed by atoms with Crippen LogP contribution in [0.1, 0.15) is 51.4 Å². The molecule has 0 aromatic carbocycles. The summed E-state index contributed by atoms with van der Waals surface area (Å²) in [5.41, 5.74) is 0. The van der Waals surface area contributed by atoms with Crippen molar-refractivity contribution in [2.24, 2.45) is 0 Å². The highest BCUT2D eigenvalue weighted by Gasteiger charge is 2.19.